The molecule has 5 rings (SSSR count). The SMILES string of the molecule is COc1ccc2[nH]c3c(N4CCC5(CC4)OCCO5)ncnc3c2c1. The van der Waals surface area contributed by atoms with Crippen LogP contribution >= 0.6 is 0 Å². The lowest BCUT2D eigenvalue weighted by atomic mass is 10.0. The number of hydrogen-bond donors (Lipinski definition) is 1. The van der Waals surface area contributed by atoms with Gasteiger partial charge in [0.15, 0.2) is 11.6 Å². The van der Waals surface area contributed by atoms with Gasteiger partial charge in [0.1, 0.15) is 23.1 Å². The van der Waals surface area contributed by atoms with Crippen LogP contribution in [-0.2, 0) is 9.47 Å². The zero-order valence-corrected chi connectivity index (χ0v) is 14.1. The molecule has 7 heteroatoms. The van der Waals surface area contributed by atoms with E-state index in [0.29, 0.717) is 13.2 Å². The summed E-state index contributed by atoms with van der Waals surface area (Å²) in [6.07, 6.45) is 3.34. The number of H-pyrrole nitrogens is 1. The second-order valence-electron chi connectivity index (χ2n) is 6.55. The fourth-order valence-corrected chi connectivity index (χ4v) is 3.87. The fraction of sp³-hybridized carbons (Fsp3) is 0.444. The van der Waals surface area contributed by atoms with Gasteiger partial charge >= 0.3 is 0 Å². The minimum atomic E-state index is -0.379. The van der Waals surface area contributed by atoms with Crippen LogP contribution in [0.25, 0.3) is 21.9 Å². The van der Waals surface area contributed by atoms with E-state index in [2.05, 4.69) is 19.9 Å². The molecule has 3 aromatic rings. The summed E-state index contributed by atoms with van der Waals surface area (Å²) in [7, 11) is 1.67. The van der Waals surface area contributed by atoms with Gasteiger partial charge in [-0.15, -0.1) is 0 Å². The van der Waals surface area contributed by atoms with E-state index in [9.17, 15) is 0 Å². The summed E-state index contributed by atoms with van der Waals surface area (Å²) in [6.45, 7) is 3.10. The van der Waals surface area contributed by atoms with Gasteiger partial charge in [0, 0.05) is 36.8 Å². The number of aromatic amines is 1. The van der Waals surface area contributed by atoms with Crippen molar-refractivity contribution in [3.63, 3.8) is 0 Å². The number of ether oxygens (including phenoxy) is 3. The van der Waals surface area contributed by atoms with Gasteiger partial charge in [-0.05, 0) is 18.2 Å². The largest absolute Gasteiger partial charge is 0.497 e. The van der Waals surface area contributed by atoms with E-state index < -0.39 is 0 Å². The van der Waals surface area contributed by atoms with Crippen LogP contribution in [0.15, 0.2) is 24.5 Å². The molecule has 1 N–H and O–H groups in total. The third kappa shape index (κ3) is 2.34. The molecule has 0 bridgehead atoms. The first-order chi connectivity index (χ1) is 12.3. The number of piperidine rings is 1. The average Bonchev–Trinajstić information content (AvgIpc) is 3.26. The van der Waals surface area contributed by atoms with Crippen molar-refractivity contribution in [3.8, 4) is 5.75 Å². The Morgan fingerprint density at radius 3 is 2.72 bits per heavy atom. The molecular weight excluding hydrogens is 320 g/mol. The minimum Gasteiger partial charge on any atom is -0.497 e. The van der Waals surface area contributed by atoms with Crippen molar-refractivity contribution in [3.05, 3.63) is 24.5 Å². The summed E-state index contributed by atoms with van der Waals surface area (Å²) < 4.78 is 17.0. The molecule has 7 nitrogen and oxygen atoms in total. The molecule has 0 radical (unpaired) electrons. The van der Waals surface area contributed by atoms with E-state index in [-0.39, 0.29) is 5.79 Å². The van der Waals surface area contributed by atoms with Crippen LogP contribution in [0.1, 0.15) is 12.8 Å². The number of benzene rings is 1. The van der Waals surface area contributed by atoms with Gasteiger partial charge in [-0.25, -0.2) is 9.97 Å². The number of fused-ring (bicyclic) bond motifs is 3. The van der Waals surface area contributed by atoms with Gasteiger partial charge in [-0.1, -0.05) is 0 Å². The lowest BCUT2D eigenvalue weighted by molar-refractivity contribution is -0.169. The molecule has 1 aromatic carbocycles. The summed E-state index contributed by atoms with van der Waals surface area (Å²) in [5.41, 5.74) is 2.93. The Morgan fingerprint density at radius 1 is 1.16 bits per heavy atom. The first-order valence-corrected chi connectivity index (χ1v) is 8.61. The van der Waals surface area contributed by atoms with E-state index in [1.165, 1.54) is 0 Å². The Balaban J connectivity index is 1.53. The molecule has 4 heterocycles. The van der Waals surface area contributed by atoms with Gasteiger partial charge in [0.2, 0.25) is 0 Å². The number of anilines is 1. The second-order valence-corrected chi connectivity index (χ2v) is 6.55. The van der Waals surface area contributed by atoms with Crippen molar-refractivity contribution in [1.29, 1.82) is 0 Å². The summed E-state index contributed by atoms with van der Waals surface area (Å²) in [6, 6.07) is 5.98. The molecule has 2 saturated heterocycles. The van der Waals surface area contributed by atoms with Crippen molar-refractivity contribution in [2.75, 3.05) is 38.3 Å². The Morgan fingerprint density at radius 2 is 1.96 bits per heavy atom. The molecule has 0 aliphatic carbocycles. The quantitative estimate of drug-likeness (QED) is 0.773. The van der Waals surface area contributed by atoms with Crippen LogP contribution in [0.3, 0.4) is 0 Å². The van der Waals surface area contributed by atoms with E-state index in [4.69, 9.17) is 14.2 Å². The van der Waals surface area contributed by atoms with Crippen LogP contribution in [0.4, 0.5) is 5.82 Å². The number of nitrogens with zero attached hydrogens (tertiary/aromatic N) is 3. The number of aromatic nitrogens is 3. The monoisotopic (exact) mass is 340 g/mol. The maximum Gasteiger partial charge on any atom is 0.171 e. The second kappa shape index (κ2) is 5.57. The van der Waals surface area contributed by atoms with Crippen molar-refractivity contribution in [1.82, 2.24) is 15.0 Å². The molecule has 2 aliphatic heterocycles. The Bertz CT molecular complexity index is 923. The van der Waals surface area contributed by atoms with Gasteiger partial charge in [0.25, 0.3) is 0 Å². The zero-order valence-electron chi connectivity index (χ0n) is 14.1. The first-order valence-electron chi connectivity index (χ1n) is 8.61. The highest BCUT2D eigenvalue weighted by molar-refractivity contribution is 6.08. The van der Waals surface area contributed by atoms with E-state index in [0.717, 1.165) is 59.4 Å². The summed E-state index contributed by atoms with van der Waals surface area (Å²) in [5, 5.41) is 1.05. The van der Waals surface area contributed by atoms with E-state index >= 15 is 0 Å². The smallest absolute Gasteiger partial charge is 0.171 e. The maximum absolute atomic E-state index is 5.82. The van der Waals surface area contributed by atoms with Crippen molar-refractivity contribution in [2.24, 2.45) is 0 Å². The lowest BCUT2D eigenvalue weighted by Crippen LogP contribution is -2.45. The molecule has 0 atom stereocenters. The normalized spacial score (nSPS) is 20.0. The number of methoxy groups -OCH3 is 1. The first kappa shape index (κ1) is 14.9. The maximum atomic E-state index is 5.82. The summed E-state index contributed by atoms with van der Waals surface area (Å²) in [5.74, 6) is 1.38. The standard InChI is InChI=1S/C18H20N4O3/c1-23-12-2-3-14-13(10-12)15-16(21-14)17(20-11-19-15)22-6-4-18(5-7-22)24-8-9-25-18/h2-3,10-11,21H,4-9H2,1H3. The third-order valence-corrected chi connectivity index (χ3v) is 5.21. The molecular formula is C18H20N4O3. The van der Waals surface area contributed by atoms with Crippen LogP contribution in [0.2, 0.25) is 0 Å². The number of rotatable bonds is 2. The highest BCUT2D eigenvalue weighted by atomic mass is 16.7. The van der Waals surface area contributed by atoms with E-state index in [1.54, 1.807) is 13.4 Å². The molecule has 2 aromatic heterocycles. The van der Waals surface area contributed by atoms with Crippen LogP contribution in [-0.4, -0.2) is 54.2 Å². The Labute approximate surface area is 144 Å². The molecule has 0 unspecified atom stereocenters. The third-order valence-electron chi connectivity index (χ3n) is 5.21. The molecule has 2 aliphatic rings. The van der Waals surface area contributed by atoms with Crippen LogP contribution < -0.4 is 9.64 Å². The number of nitrogens with one attached hydrogen (secondary N) is 1. The van der Waals surface area contributed by atoms with Crippen molar-refractivity contribution in [2.45, 2.75) is 18.6 Å². The molecule has 0 saturated carbocycles. The van der Waals surface area contributed by atoms with Gasteiger partial charge in [-0.3, -0.25) is 0 Å². The summed E-state index contributed by atoms with van der Waals surface area (Å²) in [4.78, 5) is 14.8. The Hall–Kier alpha value is -2.38. The van der Waals surface area contributed by atoms with Gasteiger partial charge < -0.3 is 24.1 Å². The molecule has 25 heavy (non-hydrogen) atoms. The zero-order chi connectivity index (χ0) is 16.9. The molecule has 1 spiro atoms. The average molecular weight is 340 g/mol. The number of hydrogen-bond acceptors (Lipinski definition) is 6. The fourth-order valence-electron chi connectivity index (χ4n) is 3.87. The Kier molecular flexibility index (Phi) is 3.33. The summed E-state index contributed by atoms with van der Waals surface area (Å²) >= 11 is 0. The highest BCUT2D eigenvalue weighted by Gasteiger charge is 2.40. The molecule has 130 valence electrons. The molecule has 2 fully saturated rings. The molecule has 0 amide bonds. The van der Waals surface area contributed by atoms with Crippen molar-refractivity contribution < 1.29 is 14.2 Å². The lowest BCUT2D eigenvalue weighted by Gasteiger charge is -2.38. The van der Waals surface area contributed by atoms with Crippen molar-refractivity contribution >= 4 is 27.8 Å². The van der Waals surface area contributed by atoms with Crippen LogP contribution in [0, 0.1) is 0 Å². The van der Waals surface area contributed by atoms with Crippen LogP contribution in [0.5, 0.6) is 5.75 Å². The highest BCUT2D eigenvalue weighted by Crippen LogP contribution is 2.36. The topological polar surface area (TPSA) is 72.5 Å². The van der Waals surface area contributed by atoms with E-state index in [1.807, 2.05) is 18.2 Å². The van der Waals surface area contributed by atoms with Gasteiger partial charge in [-0.2, -0.15) is 0 Å². The predicted octanol–water partition coefficient (Wildman–Crippen LogP) is 2.46. The predicted molar refractivity (Wildman–Crippen MR) is 94.0 cm³/mol. The van der Waals surface area contributed by atoms with Gasteiger partial charge in [0.05, 0.1) is 20.3 Å². The minimum absolute atomic E-state index is 0.379.